The van der Waals surface area contributed by atoms with Crippen molar-refractivity contribution in [2.45, 2.75) is 38.3 Å². The van der Waals surface area contributed by atoms with Gasteiger partial charge in [0.15, 0.2) is 11.5 Å². The van der Waals surface area contributed by atoms with Gasteiger partial charge in [0.05, 0.1) is 42.0 Å². The normalized spacial score (nSPS) is 12.0. The number of methoxy groups -OCH3 is 3. The van der Waals surface area contributed by atoms with Gasteiger partial charge in [-0.3, -0.25) is 13.9 Å². The molecule has 0 bridgehead atoms. The third-order valence-corrected chi connectivity index (χ3v) is 9.55. The Morgan fingerprint density at radius 1 is 0.822 bits per heavy atom. The van der Waals surface area contributed by atoms with Crippen LogP contribution in [0.2, 0.25) is 15.1 Å². The average Bonchev–Trinajstić information content (AvgIpc) is 3.01. The minimum atomic E-state index is -4.47. The Morgan fingerprint density at radius 2 is 1.47 bits per heavy atom. The van der Waals surface area contributed by atoms with E-state index in [1.54, 1.807) is 25.1 Å². The summed E-state index contributed by atoms with van der Waals surface area (Å²) in [4.78, 5) is 28.5. The van der Waals surface area contributed by atoms with Gasteiger partial charge in [-0.15, -0.1) is 0 Å². The second-order valence-corrected chi connectivity index (χ2v) is 13.5. The lowest BCUT2D eigenvalue weighted by molar-refractivity contribution is -0.139. The summed E-state index contributed by atoms with van der Waals surface area (Å²) in [5.74, 6) is -0.299. The Morgan fingerprint density at radius 3 is 2.07 bits per heavy atom. The summed E-state index contributed by atoms with van der Waals surface area (Å²) in [5, 5.41) is 3.63. The van der Waals surface area contributed by atoms with Crippen molar-refractivity contribution in [3.8, 4) is 17.2 Å². The van der Waals surface area contributed by atoms with Crippen molar-refractivity contribution in [2.75, 3.05) is 38.7 Å². The molecule has 10 nitrogen and oxygen atoms in total. The van der Waals surface area contributed by atoms with Crippen molar-refractivity contribution in [2.24, 2.45) is 5.92 Å². The summed E-state index contributed by atoms with van der Waals surface area (Å²) < 4.78 is 45.6. The highest BCUT2D eigenvalue weighted by Crippen LogP contribution is 2.37. The average molecular weight is 701 g/mol. The number of sulfonamides is 1. The van der Waals surface area contributed by atoms with Crippen LogP contribution in [-0.4, -0.2) is 65.6 Å². The van der Waals surface area contributed by atoms with Gasteiger partial charge >= 0.3 is 0 Å². The molecule has 0 aliphatic heterocycles. The van der Waals surface area contributed by atoms with E-state index in [4.69, 9.17) is 49.0 Å². The quantitative estimate of drug-likeness (QED) is 0.218. The lowest BCUT2D eigenvalue weighted by atomic mass is 10.1. The Balaban J connectivity index is 2.14. The molecule has 244 valence electrons. The van der Waals surface area contributed by atoms with Crippen molar-refractivity contribution in [1.82, 2.24) is 10.2 Å². The van der Waals surface area contributed by atoms with E-state index < -0.39 is 34.4 Å². The van der Waals surface area contributed by atoms with Crippen LogP contribution in [0.1, 0.15) is 26.3 Å². The highest BCUT2D eigenvalue weighted by Gasteiger charge is 2.34. The second-order valence-electron chi connectivity index (χ2n) is 10.4. The van der Waals surface area contributed by atoms with Crippen LogP contribution in [0.15, 0.2) is 59.5 Å². The van der Waals surface area contributed by atoms with Crippen LogP contribution in [-0.2, 0) is 26.2 Å². The maximum absolute atomic E-state index is 14.3. The van der Waals surface area contributed by atoms with Crippen LogP contribution in [0.4, 0.5) is 5.69 Å². The zero-order valence-electron chi connectivity index (χ0n) is 25.8. The molecule has 3 aromatic carbocycles. The van der Waals surface area contributed by atoms with Crippen molar-refractivity contribution in [3.63, 3.8) is 0 Å². The Labute approximate surface area is 279 Å². The monoisotopic (exact) mass is 699 g/mol. The SMILES string of the molecule is COc1ccc(S(=O)(=O)N(CC(=O)N(Cc2ccc(Cl)c(Cl)c2)[C@H](C)C(=O)NCC(C)C)c2cc(Cl)ccc2OC)cc1OC. The molecule has 0 unspecified atom stereocenters. The number of rotatable bonds is 14. The molecule has 0 saturated carbocycles. The first-order valence-electron chi connectivity index (χ1n) is 13.8. The first-order chi connectivity index (χ1) is 21.2. The van der Waals surface area contributed by atoms with Crippen LogP contribution >= 0.6 is 34.8 Å². The molecule has 1 N–H and O–H groups in total. The van der Waals surface area contributed by atoms with Crippen LogP contribution in [0, 0.1) is 5.92 Å². The van der Waals surface area contributed by atoms with Crippen molar-refractivity contribution in [1.29, 1.82) is 0 Å². The number of carbonyl (C=O) groups excluding carboxylic acids is 2. The van der Waals surface area contributed by atoms with Gasteiger partial charge in [0.2, 0.25) is 11.8 Å². The molecular weight excluding hydrogens is 665 g/mol. The number of benzene rings is 3. The molecule has 1 atom stereocenters. The highest BCUT2D eigenvalue weighted by atomic mass is 35.5. The Hall–Kier alpha value is -3.38. The van der Waals surface area contributed by atoms with Gasteiger partial charge < -0.3 is 24.4 Å². The lowest BCUT2D eigenvalue weighted by Crippen LogP contribution is -2.51. The summed E-state index contributed by atoms with van der Waals surface area (Å²) in [6, 6.07) is 12.3. The molecule has 0 aliphatic carbocycles. The standard InChI is InChI=1S/C31H36Cl3N3O7S/c1-19(2)16-35-31(39)20(3)36(17-21-7-10-24(33)25(34)13-21)30(38)18-37(26-14-22(32)8-11-27(26)42-4)45(40,41)23-9-12-28(43-5)29(15-23)44-6/h7-15,19-20H,16-18H2,1-6H3,(H,35,39)/t20-/m1/s1. The minimum Gasteiger partial charge on any atom is -0.495 e. The largest absolute Gasteiger partial charge is 0.495 e. The van der Waals surface area contributed by atoms with Gasteiger partial charge in [-0.2, -0.15) is 0 Å². The highest BCUT2D eigenvalue weighted by molar-refractivity contribution is 7.92. The van der Waals surface area contributed by atoms with Gasteiger partial charge in [0, 0.05) is 24.2 Å². The van der Waals surface area contributed by atoms with Crippen molar-refractivity contribution >= 4 is 62.3 Å². The van der Waals surface area contributed by atoms with E-state index >= 15 is 0 Å². The zero-order valence-corrected chi connectivity index (χ0v) is 28.9. The fourth-order valence-corrected chi connectivity index (χ4v) is 6.26. The second kappa shape index (κ2) is 15.8. The number of anilines is 1. The molecule has 0 saturated heterocycles. The van der Waals surface area contributed by atoms with Crippen LogP contribution in [0.5, 0.6) is 17.2 Å². The van der Waals surface area contributed by atoms with Crippen molar-refractivity contribution in [3.05, 3.63) is 75.2 Å². The third kappa shape index (κ3) is 8.88. The van der Waals surface area contributed by atoms with Gasteiger partial charge in [0.1, 0.15) is 18.3 Å². The molecule has 45 heavy (non-hydrogen) atoms. The van der Waals surface area contributed by atoms with E-state index in [-0.39, 0.29) is 44.6 Å². The molecule has 14 heteroatoms. The molecule has 0 fully saturated rings. The topological polar surface area (TPSA) is 114 Å². The van der Waals surface area contributed by atoms with Crippen molar-refractivity contribution < 1.29 is 32.2 Å². The molecular formula is C31H36Cl3N3O7S. The van der Waals surface area contributed by atoms with E-state index in [1.807, 2.05) is 13.8 Å². The predicted molar refractivity (Wildman–Crippen MR) is 176 cm³/mol. The van der Waals surface area contributed by atoms with Crippen LogP contribution < -0.4 is 23.8 Å². The number of ether oxygens (including phenoxy) is 3. The molecule has 0 aromatic heterocycles. The van der Waals surface area contributed by atoms with E-state index in [1.165, 1.54) is 62.6 Å². The number of nitrogens with one attached hydrogen (secondary N) is 1. The molecule has 0 heterocycles. The molecule has 3 rings (SSSR count). The fourth-order valence-electron chi connectivity index (χ4n) is 4.35. The molecule has 2 amide bonds. The van der Waals surface area contributed by atoms with E-state index in [2.05, 4.69) is 5.32 Å². The summed E-state index contributed by atoms with van der Waals surface area (Å²) >= 11 is 18.6. The summed E-state index contributed by atoms with van der Waals surface area (Å²) in [5.41, 5.74) is 0.593. The van der Waals surface area contributed by atoms with Gasteiger partial charge in [0.25, 0.3) is 10.0 Å². The summed E-state index contributed by atoms with van der Waals surface area (Å²) in [7, 11) is -0.299. The molecule has 3 aromatic rings. The number of hydrogen-bond acceptors (Lipinski definition) is 7. The van der Waals surface area contributed by atoms with Gasteiger partial charge in [-0.1, -0.05) is 54.7 Å². The van der Waals surface area contributed by atoms with E-state index in [9.17, 15) is 18.0 Å². The zero-order chi connectivity index (χ0) is 33.5. The minimum absolute atomic E-state index is 0.0135. The van der Waals surface area contributed by atoms with E-state index in [0.717, 1.165) is 4.31 Å². The number of hydrogen-bond donors (Lipinski definition) is 1. The van der Waals surface area contributed by atoms with Gasteiger partial charge in [-0.25, -0.2) is 8.42 Å². The molecule has 0 aliphatic rings. The van der Waals surface area contributed by atoms with Crippen LogP contribution in [0.3, 0.4) is 0 Å². The smallest absolute Gasteiger partial charge is 0.265 e. The first kappa shape index (κ1) is 36.1. The maximum Gasteiger partial charge on any atom is 0.265 e. The summed E-state index contributed by atoms with van der Waals surface area (Å²) in [6.07, 6.45) is 0. The number of nitrogens with zero attached hydrogens (tertiary/aromatic N) is 2. The summed E-state index contributed by atoms with van der Waals surface area (Å²) in [6.45, 7) is 5.06. The maximum atomic E-state index is 14.3. The molecule has 0 radical (unpaired) electrons. The Kier molecular flexibility index (Phi) is 12.6. The molecule has 0 spiro atoms. The van der Waals surface area contributed by atoms with Crippen LogP contribution in [0.25, 0.3) is 0 Å². The lowest BCUT2D eigenvalue weighted by Gasteiger charge is -2.32. The Bertz CT molecular complexity index is 1640. The fraction of sp³-hybridized carbons (Fsp3) is 0.355. The first-order valence-corrected chi connectivity index (χ1v) is 16.4. The van der Waals surface area contributed by atoms with Gasteiger partial charge in [-0.05, 0) is 60.9 Å². The number of halogens is 3. The number of amides is 2. The third-order valence-electron chi connectivity index (χ3n) is 6.82. The number of carbonyl (C=O) groups is 2. The predicted octanol–water partition coefficient (Wildman–Crippen LogP) is 6.06. The van der Waals surface area contributed by atoms with E-state index in [0.29, 0.717) is 22.9 Å².